The SMILES string of the molecule is CCCCCCCCCCCCCCCCCCCCCCCCNC(=O)[C@@H](O)[C@H](O)[C@@H](O)[C@H](O)CO. The Hall–Kier alpha value is -0.730. The quantitative estimate of drug-likeness (QED) is 0.0775. The maximum absolute atomic E-state index is 11.8. The first-order valence-corrected chi connectivity index (χ1v) is 15.6. The number of nitrogens with one attached hydrogen (secondary N) is 1. The highest BCUT2D eigenvalue weighted by molar-refractivity contribution is 5.81. The number of amides is 1. The number of carbonyl (C=O) groups is 1. The smallest absolute Gasteiger partial charge is 0.251 e. The Morgan fingerprint density at radius 3 is 1.19 bits per heavy atom. The van der Waals surface area contributed by atoms with Crippen LogP contribution in [-0.4, -0.2) is 69.0 Å². The fraction of sp³-hybridized carbons (Fsp3) is 0.967. The average molecular weight is 532 g/mol. The van der Waals surface area contributed by atoms with Crippen molar-refractivity contribution in [2.45, 2.75) is 173 Å². The van der Waals surface area contributed by atoms with Gasteiger partial charge in [-0.25, -0.2) is 0 Å². The summed E-state index contributed by atoms with van der Waals surface area (Å²) in [6.07, 6.45) is 21.9. The van der Waals surface area contributed by atoms with E-state index in [9.17, 15) is 25.2 Å². The molecule has 0 aliphatic carbocycles. The van der Waals surface area contributed by atoms with Gasteiger partial charge in [-0.1, -0.05) is 142 Å². The Labute approximate surface area is 227 Å². The highest BCUT2D eigenvalue weighted by atomic mass is 16.4. The van der Waals surface area contributed by atoms with Crippen LogP contribution in [0.5, 0.6) is 0 Å². The molecule has 0 aliphatic rings. The van der Waals surface area contributed by atoms with Crippen LogP contribution in [0.2, 0.25) is 0 Å². The zero-order chi connectivity index (χ0) is 27.6. The second-order valence-electron chi connectivity index (χ2n) is 10.9. The molecular weight excluding hydrogens is 470 g/mol. The Balaban J connectivity index is 3.33. The molecule has 0 rings (SSSR count). The third-order valence-electron chi connectivity index (χ3n) is 7.35. The zero-order valence-corrected chi connectivity index (χ0v) is 23.9. The van der Waals surface area contributed by atoms with Gasteiger partial charge in [-0.15, -0.1) is 0 Å². The molecule has 0 spiro atoms. The summed E-state index contributed by atoms with van der Waals surface area (Å²) in [5.41, 5.74) is 0. The molecule has 37 heavy (non-hydrogen) atoms. The molecule has 0 aromatic carbocycles. The molecule has 1 amide bonds. The van der Waals surface area contributed by atoms with Crippen molar-refractivity contribution in [3.63, 3.8) is 0 Å². The molecule has 0 unspecified atom stereocenters. The van der Waals surface area contributed by atoms with Crippen molar-refractivity contribution in [2.75, 3.05) is 13.2 Å². The molecule has 222 valence electrons. The summed E-state index contributed by atoms with van der Waals surface area (Å²) in [5, 5.41) is 49.6. The lowest BCUT2D eigenvalue weighted by molar-refractivity contribution is -0.148. The summed E-state index contributed by atoms with van der Waals surface area (Å²) in [6, 6.07) is 0. The monoisotopic (exact) mass is 531 g/mol. The summed E-state index contributed by atoms with van der Waals surface area (Å²) >= 11 is 0. The summed E-state index contributed by atoms with van der Waals surface area (Å²) < 4.78 is 0. The summed E-state index contributed by atoms with van der Waals surface area (Å²) in [7, 11) is 0. The van der Waals surface area contributed by atoms with Gasteiger partial charge in [0.15, 0.2) is 6.10 Å². The van der Waals surface area contributed by atoms with Crippen LogP contribution in [0.25, 0.3) is 0 Å². The molecule has 0 aromatic heterocycles. The van der Waals surface area contributed by atoms with Gasteiger partial charge in [-0.2, -0.15) is 0 Å². The van der Waals surface area contributed by atoms with E-state index in [2.05, 4.69) is 12.2 Å². The van der Waals surface area contributed by atoms with Crippen molar-refractivity contribution >= 4 is 5.91 Å². The number of aliphatic hydroxyl groups is 5. The zero-order valence-electron chi connectivity index (χ0n) is 23.9. The molecule has 0 bridgehead atoms. The van der Waals surface area contributed by atoms with Crippen LogP contribution in [-0.2, 0) is 4.79 Å². The summed E-state index contributed by atoms with van der Waals surface area (Å²) in [6.45, 7) is 1.89. The number of carbonyl (C=O) groups excluding carboxylic acids is 1. The molecule has 0 aliphatic heterocycles. The van der Waals surface area contributed by atoms with E-state index in [1.54, 1.807) is 0 Å². The van der Waals surface area contributed by atoms with Gasteiger partial charge in [-0.05, 0) is 6.42 Å². The number of hydrogen-bond acceptors (Lipinski definition) is 6. The fourth-order valence-corrected chi connectivity index (χ4v) is 4.73. The Kier molecular flexibility index (Phi) is 26.3. The van der Waals surface area contributed by atoms with E-state index < -0.39 is 36.9 Å². The predicted molar refractivity (Wildman–Crippen MR) is 151 cm³/mol. The Morgan fingerprint density at radius 2 is 0.865 bits per heavy atom. The third-order valence-corrected chi connectivity index (χ3v) is 7.35. The van der Waals surface area contributed by atoms with Crippen LogP contribution in [0.3, 0.4) is 0 Å². The lowest BCUT2D eigenvalue weighted by Gasteiger charge is -2.24. The van der Waals surface area contributed by atoms with Crippen LogP contribution in [0.15, 0.2) is 0 Å². The largest absolute Gasteiger partial charge is 0.394 e. The first-order chi connectivity index (χ1) is 18.0. The molecule has 0 radical (unpaired) electrons. The van der Waals surface area contributed by atoms with Crippen LogP contribution in [0.1, 0.15) is 148 Å². The number of aliphatic hydroxyl groups excluding tert-OH is 5. The van der Waals surface area contributed by atoms with E-state index in [4.69, 9.17) is 5.11 Å². The molecule has 7 nitrogen and oxygen atoms in total. The Bertz CT molecular complexity index is 493. The van der Waals surface area contributed by atoms with Crippen molar-refractivity contribution in [1.82, 2.24) is 5.32 Å². The van der Waals surface area contributed by atoms with Gasteiger partial charge < -0.3 is 30.8 Å². The normalized spacial score (nSPS) is 14.9. The molecule has 0 saturated carbocycles. The van der Waals surface area contributed by atoms with Gasteiger partial charge >= 0.3 is 0 Å². The first-order valence-electron chi connectivity index (χ1n) is 15.6. The van der Waals surface area contributed by atoms with Gasteiger partial charge in [0.05, 0.1) is 6.61 Å². The minimum atomic E-state index is -1.85. The fourth-order valence-electron chi connectivity index (χ4n) is 4.73. The highest BCUT2D eigenvalue weighted by Gasteiger charge is 2.33. The minimum absolute atomic E-state index is 0.389. The van der Waals surface area contributed by atoms with E-state index in [0.29, 0.717) is 6.54 Å². The van der Waals surface area contributed by atoms with E-state index in [1.165, 1.54) is 122 Å². The number of unbranched alkanes of at least 4 members (excludes halogenated alkanes) is 21. The molecular formula is C30H61NO6. The molecule has 6 N–H and O–H groups in total. The maximum atomic E-state index is 11.8. The van der Waals surface area contributed by atoms with Gasteiger partial charge in [0.1, 0.15) is 18.3 Å². The van der Waals surface area contributed by atoms with E-state index in [1.807, 2.05) is 0 Å². The van der Waals surface area contributed by atoms with Gasteiger partial charge in [0, 0.05) is 6.54 Å². The standard InChI is InChI=1S/C30H61NO6/c1-2-3-4-5-6-7-8-9-10-11-12-13-14-15-16-17-18-19-20-21-22-23-24-31-30(37)29(36)28(35)27(34)26(33)25-32/h26-29,32-36H,2-25H2,1H3,(H,31,37)/t26-,27+,28-,29+/m1/s1. The molecule has 4 atom stereocenters. The van der Waals surface area contributed by atoms with Crippen molar-refractivity contribution in [2.24, 2.45) is 0 Å². The molecule has 0 heterocycles. The predicted octanol–water partition coefficient (Wildman–Crippen LogP) is 5.14. The van der Waals surface area contributed by atoms with E-state index in [0.717, 1.165) is 19.3 Å². The van der Waals surface area contributed by atoms with E-state index in [-0.39, 0.29) is 0 Å². The van der Waals surface area contributed by atoms with Crippen LogP contribution >= 0.6 is 0 Å². The summed E-state index contributed by atoms with van der Waals surface area (Å²) in [4.78, 5) is 11.8. The second kappa shape index (κ2) is 26.9. The molecule has 7 heteroatoms. The second-order valence-corrected chi connectivity index (χ2v) is 10.9. The lowest BCUT2D eigenvalue weighted by Crippen LogP contribution is -2.51. The van der Waals surface area contributed by atoms with Crippen molar-refractivity contribution in [1.29, 1.82) is 0 Å². The van der Waals surface area contributed by atoms with Gasteiger partial charge in [-0.3, -0.25) is 4.79 Å². The van der Waals surface area contributed by atoms with Crippen molar-refractivity contribution in [3.8, 4) is 0 Å². The average Bonchev–Trinajstić information content (AvgIpc) is 2.91. The van der Waals surface area contributed by atoms with Crippen LogP contribution in [0, 0.1) is 0 Å². The summed E-state index contributed by atoms with van der Waals surface area (Å²) in [5.74, 6) is -0.791. The molecule has 0 fully saturated rings. The van der Waals surface area contributed by atoms with Gasteiger partial charge in [0.2, 0.25) is 0 Å². The minimum Gasteiger partial charge on any atom is -0.394 e. The number of rotatable bonds is 28. The third kappa shape index (κ3) is 21.8. The van der Waals surface area contributed by atoms with E-state index >= 15 is 0 Å². The molecule has 0 aromatic rings. The van der Waals surface area contributed by atoms with Crippen LogP contribution in [0.4, 0.5) is 0 Å². The first kappa shape index (κ1) is 36.3. The van der Waals surface area contributed by atoms with Crippen molar-refractivity contribution in [3.05, 3.63) is 0 Å². The lowest BCUT2D eigenvalue weighted by atomic mass is 10.0. The highest BCUT2D eigenvalue weighted by Crippen LogP contribution is 2.15. The number of hydrogen-bond donors (Lipinski definition) is 6. The van der Waals surface area contributed by atoms with Crippen molar-refractivity contribution < 1.29 is 30.3 Å². The van der Waals surface area contributed by atoms with Crippen LogP contribution < -0.4 is 5.32 Å². The maximum Gasteiger partial charge on any atom is 0.251 e. The Morgan fingerprint density at radius 1 is 0.541 bits per heavy atom. The topological polar surface area (TPSA) is 130 Å². The molecule has 0 saturated heterocycles. The van der Waals surface area contributed by atoms with Gasteiger partial charge in [0.25, 0.3) is 5.91 Å².